The highest BCUT2D eigenvalue weighted by Gasteiger charge is 2.16. The van der Waals surface area contributed by atoms with Crippen molar-refractivity contribution in [1.29, 1.82) is 0 Å². The molecule has 116 valence electrons. The molecule has 1 aliphatic heterocycles. The second-order valence-electron chi connectivity index (χ2n) is 5.64. The molecule has 1 aromatic heterocycles. The van der Waals surface area contributed by atoms with E-state index in [-0.39, 0.29) is 11.7 Å². The summed E-state index contributed by atoms with van der Waals surface area (Å²) in [4.78, 5) is 14.4. The maximum Gasteiger partial charge on any atom is 0.273 e. The van der Waals surface area contributed by atoms with Crippen molar-refractivity contribution < 1.29 is 9.18 Å². The molecule has 0 bridgehead atoms. The molecule has 0 radical (unpaired) electrons. The van der Waals surface area contributed by atoms with Crippen LogP contribution in [0.4, 0.5) is 15.8 Å². The maximum absolute atomic E-state index is 13.8. The average molecular weight is 302 g/mol. The number of benzene rings is 1. The molecule has 22 heavy (non-hydrogen) atoms. The first-order chi connectivity index (χ1) is 10.5. The van der Waals surface area contributed by atoms with Crippen LogP contribution in [0.1, 0.15) is 29.0 Å². The van der Waals surface area contributed by atoms with Crippen LogP contribution in [0.3, 0.4) is 0 Å². The van der Waals surface area contributed by atoms with Crippen LogP contribution < -0.4 is 10.2 Å². The minimum atomic E-state index is -0.346. The van der Waals surface area contributed by atoms with Crippen molar-refractivity contribution in [2.24, 2.45) is 7.05 Å². The van der Waals surface area contributed by atoms with Crippen LogP contribution >= 0.6 is 0 Å². The molecule has 0 unspecified atom stereocenters. The largest absolute Gasteiger partial charge is 0.371 e. The zero-order valence-electron chi connectivity index (χ0n) is 12.8. The molecule has 2 heterocycles. The van der Waals surface area contributed by atoms with Gasteiger partial charge in [0.1, 0.15) is 11.5 Å². The number of carbonyl (C=O) groups excluding carboxylic acids is 1. The zero-order valence-corrected chi connectivity index (χ0v) is 12.8. The van der Waals surface area contributed by atoms with Gasteiger partial charge >= 0.3 is 0 Å². The van der Waals surface area contributed by atoms with Gasteiger partial charge in [0.15, 0.2) is 0 Å². The summed E-state index contributed by atoms with van der Waals surface area (Å²) in [6.45, 7) is 3.68. The lowest BCUT2D eigenvalue weighted by molar-refractivity contribution is 0.101. The summed E-state index contributed by atoms with van der Waals surface area (Å²) in [6, 6.07) is 6.36. The minimum absolute atomic E-state index is 0.291. The van der Waals surface area contributed by atoms with Gasteiger partial charge in [0.25, 0.3) is 5.91 Å². The van der Waals surface area contributed by atoms with E-state index in [4.69, 9.17) is 0 Å². The number of rotatable bonds is 3. The average Bonchev–Trinajstić information content (AvgIpc) is 3.07. The smallest absolute Gasteiger partial charge is 0.273 e. The third kappa shape index (κ3) is 2.95. The third-order valence-electron chi connectivity index (χ3n) is 3.85. The van der Waals surface area contributed by atoms with Crippen LogP contribution in [0.25, 0.3) is 0 Å². The van der Waals surface area contributed by atoms with Gasteiger partial charge in [-0.25, -0.2) is 4.39 Å². The first-order valence-corrected chi connectivity index (χ1v) is 7.40. The Balaban J connectivity index is 1.82. The highest BCUT2D eigenvalue weighted by Crippen LogP contribution is 2.25. The molecule has 3 rings (SSSR count). The topological polar surface area (TPSA) is 50.2 Å². The number of aryl methyl sites for hydroxylation is 2. The summed E-state index contributed by atoms with van der Waals surface area (Å²) in [5, 5.41) is 6.90. The quantitative estimate of drug-likeness (QED) is 0.948. The van der Waals surface area contributed by atoms with Crippen molar-refractivity contribution >= 4 is 17.3 Å². The van der Waals surface area contributed by atoms with Crippen molar-refractivity contribution in [3.63, 3.8) is 0 Å². The number of hydrogen-bond acceptors (Lipinski definition) is 3. The molecule has 1 aliphatic rings. The summed E-state index contributed by atoms with van der Waals surface area (Å²) in [5.41, 5.74) is 2.49. The van der Waals surface area contributed by atoms with Gasteiger partial charge in [-0.1, -0.05) is 0 Å². The second kappa shape index (κ2) is 5.79. The third-order valence-corrected chi connectivity index (χ3v) is 3.85. The first-order valence-electron chi connectivity index (χ1n) is 7.40. The Morgan fingerprint density at radius 3 is 2.59 bits per heavy atom. The van der Waals surface area contributed by atoms with E-state index < -0.39 is 0 Å². The number of hydrogen-bond donors (Lipinski definition) is 1. The lowest BCUT2D eigenvalue weighted by Gasteiger charge is -2.18. The summed E-state index contributed by atoms with van der Waals surface area (Å²) in [7, 11) is 1.71. The lowest BCUT2D eigenvalue weighted by atomic mass is 10.2. The molecular formula is C16H19FN4O. The molecule has 1 fully saturated rings. The molecule has 1 N–H and O–H groups in total. The van der Waals surface area contributed by atoms with Gasteiger partial charge in [-0.3, -0.25) is 9.48 Å². The predicted octanol–water partition coefficient (Wildman–Crippen LogP) is 2.72. The monoisotopic (exact) mass is 302 g/mol. The van der Waals surface area contributed by atoms with Crippen molar-refractivity contribution in [3.05, 3.63) is 41.5 Å². The zero-order chi connectivity index (χ0) is 15.7. The van der Waals surface area contributed by atoms with Crippen LogP contribution in [-0.4, -0.2) is 28.8 Å². The molecule has 2 aromatic rings. The van der Waals surface area contributed by atoms with Crippen molar-refractivity contribution in [2.45, 2.75) is 19.8 Å². The van der Waals surface area contributed by atoms with Gasteiger partial charge in [-0.2, -0.15) is 5.10 Å². The Morgan fingerprint density at radius 2 is 1.95 bits per heavy atom. The summed E-state index contributed by atoms with van der Waals surface area (Å²) in [5.74, 6) is -0.637. The van der Waals surface area contributed by atoms with Gasteiger partial charge < -0.3 is 10.2 Å². The molecule has 0 spiro atoms. The summed E-state index contributed by atoms with van der Waals surface area (Å²) in [6.07, 6.45) is 2.24. The van der Waals surface area contributed by atoms with E-state index in [2.05, 4.69) is 15.3 Å². The summed E-state index contributed by atoms with van der Waals surface area (Å²) >= 11 is 0. The number of halogens is 1. The van der Waals surface area contributed by atoms with E-state index in [0.29, 0.717) is 11.4 Å². The molecule has 0 atom stereocenters. The Hall–Kier alpha value is -2.37. The molecule has 0 saturated carbocycles. The van der Waals surface area contributed by atoms with E-state index in [1.807, 2.05) is 13.0 Å². The molecule has 5 nitrogen and oxygen atoms in total. The Bertz CT molecular complexity index is 704. The van der Waals surface area contributed by atoms with Crippen LogP contribution in [0.15, 0.2) is 24.3 Å². The minimum Gasteiger partial charge on any atom is -0.371 e. The molecule has 1 amide bonds. The maximum atomic E-state index is 13.8. The fourth-order valence-electron chi connectivity index (χ4n) is 2.82. The van der Waals surface area contributed by atoms with Crippen LogP contribution in [-0.2, 0) is 7.05 Å². The number of nitrogens with zero attached hydrogens (tertiary/aromatic N) is 3. The number of aromatic nitrogens is 2. The second-order valence-corrected chi connectivity index (χ2v) is 5.64. The van der Waals surface area contributed by atoms with Crippen molar-refractivity contribution in [1.82, 2.24) is 9.78 Å². The van der Waals surface area contributed by atoms with Crippen molar-refractivity contribution in [3.8, 4) is 0 Å². The number of amides is 1. The normalized spacial score (nSPS) is 14.4. The Morgan fingerprint density at radius 1 is 1.23 bits per heavy atom. The van der Waals surface area contributed by atoms with E-state index in [1.54, 1.807) is 13.1 Å². The van der Waals surface area contributed by atoms with Crippen LogP contribution in [0.2, 0.25) is 0 Å². The van der Waals surface area contributed by atoms with E-state index in [9.17, 15) is 9.18 Å². The molecule has 6 heteroatoms. The van der Waals surface area contributed by atoms with Gasteiger partial charge in [0.2, 0.25) is 0 Å². The fraction of sp³-hybridized carbons (Fsp3) is 0.375. The number of anilines is 2. The highest BCUT2D eigenvalue weighted by atomic mass is 19.1. The molecule has 0 aliphatic carbocycles. The Labute approximate surface area is 128 Å². The number of nitrogens with one attached hydrogen (secondary N) is 1. The van der Waals surface area contributed by atoms with Crippen molar-refractivity contribution in [2.75, 3.05) is 23.3 Å². The van der Waals surface area contributed by atoms with Gasteiger partial charge in [-0.15, -0.1) is 0 Å². The first kappa shape index (κ1) is 14.6. The fourth-order valence-corrected chi connectivity index (χ4v) is 2.82. The van der Waals surface area contributed by atoms with E-state index in [0.717, 1.165) is 37.3 Å². The standard InChI is InChI=1S/C16H19FN4O/c1-11-7-15(20(2)19-11)16(22)18-13-8-12(17)9-14(10-13)21-5-3-4-6-21/h7-10H,3-6H2,1-2H3,(H,18,22). The van der Waals surface area contributed by atoms with E-state index in [1.165, 1.54) is 16.8 Å². The van der Waals surface area contributed by atoms with Gasteiger partial charge in [0, 0.05) is 31.5 Å². The molecule has 1 saturated heterocycles. The highest BCUT2D eigenvalue weighted by molar-refractivity contribution is 6.03. The van der Waals surface area contributed by atoms with E-state index >= 15 is 0 Å². The molecular weight excluding hydrogens is 283 g/mol. The van der Waals surface area contributed by atoms with Gasteiger partial charge in [-0.05, 0) is 44.0 Å². The summed E-state index contributed by atoms with van der Waals surface area (Å²) < 4.78 is 15.3. The Kier molecular flexibility index (Phi) is 3.83. The molecule has 1 aromatic carbocycles. The SMILES string of the molecule is Cc1cc(C(=O)Nc2cc(F)cc(N3CCCC3)c2)n(C)n1. The number of carbonyl (C=O) groups is 1. The lowest BCUT2D eigenvalue weighted by Crippen LogP contribution is -2.19. The predicted molar refractivity (Wildman–Crippen MR) is 83.7 cm³/mol. The van der Waals surface area contributed by atoms with Crippen LogP contribution in [0, 0.1) is 12.7 Å². The van der Waals surface area contributed by atoms with Crippen LogP contribution in [0.5, 0.6) is 0 Å². The van der Waals surface area contributed by atoms with Gasteiger partial charge in [0.05, 0.1) is 5.69 Å².